The van der Waals surface area contributed by atoms with Crippen molar-refractivity contribution >= 4 is 16.7 Å². The zero-order chi connectivity index (χ0) is 19.2. The lowest BCUT2D eigenvalue weighted by molar-refractivity contribution is -0.119. The van der Waals surface area contributed by atoms with Crippen molar-refractivity contribution in [2.75, 3.05) is 13.7 Å². The Balaban J connectivity index is 1.59. The van der Waals surface area contributed by atoms with Crippen molar-refractivity contribution in [1.29, 1.82) is 0 Å². The van der Waals surface area contributed by atoms with Crippen LogP contribution >= 0.6 is 0 Å². The molecule has 3 rings (SSSR count). The van der Waals surface area contributed by atoms with Crippen molar-refractivity contribution in [2.24, 2.45) is 5.73 Å². The van der Waals surface area contributed by atoms with E-state index in [9.17, 15) is 9.59 Å². The summed E-state index contributed by atoms with van der Waals surface area (Å²) in [6, 6.07) is 14.4. The molecule has 1 aromatic heterocycles. The highest BCUT2D eigenvalue weighted by molar-refractivity contribution is 5.80. The van der Waals surface area contributed by atoms with Gasteiger partial charge in [-0.3, -0.25) is 9.59 Å². The maximum absolute atomic E-state index is 12.4. The van der Waals surface area contributed by atoms with Gasteiger partial charge in [-0.2, -0.15) is 5.10 Å². The fourth-order valence-corrected chi connectivity index (χ4v) is 2.84. The highest BCUT2D eigenvalue weighted by atomic mass is 16.5. The van der Waals surface area contributed by atoms with Gasteiger partial charge >= 0.3 is 0 Å². The minimum atomic E-state index is -0.400. The molecule has 3 N–H and O–H groups in total. The number of aromatic nitrogens is 2. The van der Waals surface area contributed by atoms with Gasteiger partial charge in [-0.15, -0.1) is 0 Å². The van der Waals surface area contributed by atoms with Gasteiger partial charge in [0.05, 0.1) is 24.2 Å². The van der Waals surface area contributed by atoms with Crippen LogP contribution in [0.5, 0.6) is 5.75 Å². The van der Waals surface area contributed by atoms with E-state index >= 15 is 0 Å². The number of nitrogens with one attached hydrogen (secondary N) is 1. The van der Waals surface area contributed by atoms with E-state index in [0.717, 1.165) is 10.9 Å². The number of likely N-dealkylation sites (N-methyl/N-ethyl adjacent to an activating group) is 1. The Labute approximate surface area is 156 Å². The van der Waals surface area contributed by atoms with Crippen LogP contribution in [-0.2, 0) is 17.8 Å². The third-order valence-electron chi connectivity index (χ3n) is 4.39. The first kappa shape index (κ1) is 18.6. The van der Waals surface area contributed by atoms with E-state index in [1.807, 2.05) is 42.5 Å². The van der Waals surface area contributed by atoms with Gasteiger partial charge in [0.1, 0.15) is 12.4 Å². The number of ether oxygens (including phenoxy) is 1. The number of nitrogens with zero attached hydrogens (tertiary/aromatic N) is 2. The molecule has 7 nitrogen and oxygen atoms in total. The summed E-state index contributed by atoms with van der Waals surface area (Å²) >= 11 is 0. The molecule has 1 unspecified atom stereocenters. The Morgan fingerprint density at radius 3 is 2.67 bits per heavy atom. The first-order chi connectivity index (χ1) is 13.1. The number of hydrogen-bond donors (Lipinski definition) is 2. The summed E-state index contributed by atoms with van der Waals surface area (Å²) in [7, 11) is 1.70. The van der Waals surface area contributed by atoms with E-state index in [-0.39, 0.29) is 11.5 Å². The summed E-state index contributed by atoms with van der Waals surface area (Å²) in [4.78, 5) is 23.7. The fraction of sp³-hybridized carbons (Fsp3) is 0.250. The normalized spacial score (nSPS) is 12.0. The van der Waals surface area contributed by atoms with Crippen molar-refractivity contribution in [3.05, 3.63) is 70.6 Å². The molecule has 3 aromatic rings. The van der Waals surface area contributed by atoms with Crippen molar-refractivity contribution in [3.63, 3.8) is 0 Å². The molecule has 0 saturated carbocycles. The Bertz CT molecular complexity index is 982. The first-order valence-electron chi connectivity index (χ1n) is 8.71. The zero-order valence-electron chi connectivity index (χ0n) is 15.1. The van der Waals surface area contributed by atoms with Crippen LogP contribution in [0.25, 0.3) is 10.8 Å². The summed E-state index contributed by atoms with van der Waals surface area (Å²) in [5.41, 5.74) is 6.18. The summed E-state index contributed by atoms with van der Waals surface area (Å²) in [6.45, 7) is 0.680. The number of hydrogen-bond acceptors (Lipinski definition) is 5. The molecule has 0 saturated heterocycles. The average Bonchev–Trinajstić information content (AvgIpc) is 2.69. The number of benzene rings is 2. The fourth-order valence-electron chi connectivity index (χ4n) is 2.84. The van der Waals surface area contributed by atoms with E-state index in [0.29, 0.717) is 30.7 Å². The minimum Gasteiger partial charge on any atom is -0.492 e. The molecule has 0 aliphatic carbocycles. The van der Waals surface area contributed by atoms with Crippen LogP contribution in [0.1, 0.15) is 5.56 Å². The zero-order valence-corrected chi connectivity index (χ0v) is 15.1. The predicted molar refractivity (Wildman–Crippen MR) is 104 cm³/mol. The maximum atomic E-state index is 12.4. The molecule has 0 aliphatic heterocycles. The van der Waals surface area contributed by atoms with Crippen molar-refractivity contribution in [1.82, 2.24) is 15.1 Å². The second-order valence-electron chi connectivity index (χ2n) is 6.20. The SMILES string of the molecule is CNC(Cc1ccc(OCCn2ncc3ccccc3c2=O)cc1)C(N)=O. The number of fused-ring (bicyclic) bond motifs is 1. The quantitative estimate of drug-likeness (QED) is 0.622. The standard InChI is InChI=1S/C20H22N4O3/c1-22-18(19(21)25)12-14-6-8-16(9-7-14)27-11-10-24-20(26)17-5-3-2-4-15(17)13-23-24/h2-9,13,18,22H,10-12H2,1H3,(H2,21,25). The van der Waals surface area contributed by atoms with E-state index in [2.05, 4.69) is 10.4 Å². The molecule has 0 radical (unpaired) electrons. The summed E-state index contributed by atoms with van der Waals surface area (Å²) in [6.07, 6.45) is 2.20. The summed E-state index contributed by atoms with van der Waals surface area (Å²) < 4.78 is 7.11. The van der Waals surface area contributed by atoms with Gasteiger partial charge < -0.3 is 15.8 Å². The van der Waals surface area contributed by atoms with Gasteiger partial charge in [-0.1, -0.05) is 30.3 Å². The Hall–Kier alpha value is -3.19. The molecule has 2 aromatic carbocycles. The molecule has 0 fully saturated rings. The molecule has 1 amide bonds. The van der Waals surface area contributed by atoms with Crippen molar-refractivity contribution < 1.29 is 9.53 Å². The first-order valence-corrected chi connectivity index (χ1v) is 8.71. The molecule has 0 bridgehead atoms. The second-order valence-corrected chi connectivity index (χ2v) is 6.20. The van der Waals surface area contributed by atoms with Crippen LogP contribution in [0.3, 0.4) is 0 Å². The van der Waals surface area contributed by atoms with Crippen molar-refractivity contribution in [2.45, 2.75) is 19.0 Å². The molecule has 0 spiro atoms. The number of rotatable bonds is 8. The van der Waals surface area contributed by atoms with Gasteiger partial charge in [-0.25, -0.2) is 4.68 Å². The lowest BCUT2D eigenvalue weighted by atomic mass is 10.1. The largest absolute Gasteiger partial charge is 0.492 e. The number of nitrogens with two attached hydrogens (primary N) is 1. The number of carbonyl (C=O) groups excluding carboxylic acids is 1. The molecule has 1 atom stereocenters. The van der Waals surface area contributed by atoms with Crippen LogP contribution < -0.4 is 21.3 Å². The lowest BCUT2D eigenvalue weighted by Gasteiger charge is -2.13. The van der Waals surface area contributed by atoms with Gasteiger partial charge in [0.15, 0.2) is 0 Å². The van der Waals surface area contributed by atoms with E-state index in [1.165, 1.54) is 4.68 Å². The third kappa shape index (κ3) is 4.51. The minimum absolute atomic E-state index is 0.128. The molecule has 7 heteroatoms. The van der Waals surface area contributed by atoms with E-state index < -0.39 is 6.04 Å². The number of amides is 1. The smallest absolute Gasteiger partial charge is 0.274 e. The predicted octanol–water partition coefficient (Wildman–Crippen LogP) is 1.09. The van der Waals surface area contributed by atoms with Gasteiger partial charge in [0.2, 0.25) is 5.91 Å². The second kappa shape index (κ2) is 8.46. The topological polar surface area (TPSA) is 99.2 Å². The molecule has 27 heavy (non-hydrogen) atoms. The summed E-state index contributed by atoms with van der Waals surface area (Å²) in [5.74, 6) is 0.304. The maximum Gasteiger partial charge on any atom is 0.274 e. The Morgan fingerprint density at radius 2 is 1.96 bits per heavy atom. The van der Waals surface area contributed by atoms with Crippen LogP contribution in [0.2, 0.25) is 0 Å². The molecule has 1 heterocycles. The van der Waals surface area contributed by atoms with Crippen LogP contribution in [0, 0.1) is 0 Å². The van der Waals surface area contributed by atoms with Gasteiger partial charge in [0, 0.05) is 5.39 Å². The Kier molecular flexibility index (Phi) is 5.83. The molecule has 140 valence electrons. The monoisotopic (exact) mass is 366 g/mol. The van der Waals surface area contributed by atoms with Gasteiger partial charge in [0.25, 0.3) is 5.56 Å². The Morgan fingerprint density at radius 1 is 1.22 bits per heavy atom. The number of primary amides is 1. The summed E-state index contributed by atoms with van der Waals surface area (Å²) in [5, 5.41) is 8.54. The van der Waals surface area contributed by atoms with Gasteiger partial charge in [-0.05, 0) is 37.2 Å². The third-order valence-corrected chi connectivity index (χ3v) is 4.39. The van der Waals surface area contributed by atoms with Crippen LogP contribution in [0.4, 0.5) is 0 Å². The lowest BCUT2D eigenvalue weighted by Crippen LogP contribution is -2.40. The highest BCUT2D eigenvalue weighted by Crippen LogP contribution is 2.13. The molecular weight excluding hydrogens is 344 g/mol. The molecular formula is C20H22N4O3. The van der Waals surface area contributed by atoms with Crippen LogP contribution in [0.15, 0.2) is 59.5 Å². The molecule has 0 aliphatic rings. The van der Waals surface area contributed by atoms with Crippen molar-refractivity contribution in [3.8, 4) is 5.75 Å². The van der Waals surface area contributed by atoms with Crippen LogP contribution in [-0.4, -0.2) is 35.4 Å². The van der Waals surface area contributed by atoms with E-state index in [1.54, 1.807) is 19.3 Å². The highest BCUT2D eigenvalue weighted by Gasteiger charge is 2.13. The average molecular weight is 366 g/mol. The number of carbonyl (C=O) groups is 1. The van der Waals surface area contributed by atoms with E-state index in [4.69, 9.17) is 10.5 Å².